The second-order valence-electron chi connectivity index (χ2n) is 4.87. The lowest BCUT2D eigenvalue weighted by Gasteiger charge is -2.18. The highest BCUT2D eigenvalue weighted by atomic mass is 79.9. The van der Waals surface area contributed by atoms with Gasteiger partial charge in [-0.15, -0.1) is 0 Å². The molecule has 0 atom stereocenters. The van der Waals surface area contributed by atoms with Crippen LogP contribution in [0.5, 0.6) is 0 Å². The molecule has 0 spiro atoms. The topological polar surface area (TPSA) is 45.1 Å². The molecule has 3 nitrogen and oxygen atoms in total. The first-order valence-electron chi connectivity index (χ1n) is 5.94. The van der Waals surface area contributed by atoms with E-state index in [-0.39, 0.29) is 17.8 Å². The molecule has 1 heterocycles. The summed E-state index contributed by atoms with van der Waals surface area (Å²) in [4.78, 5) is 3.80. The van der Waals surface area contributed by atoms with Gasteiger partial charge in [0.2, 0.25) is 0 Å². The molecule has 0 saturated heterocycles. The van der Waals surface area contributed by atoms with E-state index in [9.17, 15) is 13.2 Å². The van der Waals surface area contributed by atoms with Crippen molar-refractivity contribution in [1.82, 2.24) is 4.98 Å². The van der Waals surface area contributed by atoms with E-state index in [4.69, 9.17) is 5.11 Å². The molecule has 0 amide bonds. The van der Waals surface area contributed by atoms with Gasteiger partial charge >= 0.3 is 6.18 Å². The Morgan fingerprint density at radius 2 is 2.11 bits per heavy atom. The monoisotopic (exact) mass is 338 g/mol. The van der Waals surface area contributed by atoms with Crippen LogP contribution in [0.1, 0.15) is 24.8 Å². The number of hydrogen-bond donors (Lipinski definition) is 2. The smallest absolute Gasteiger partial charge is 0.396 e. The molecule has 1 saturated carbocycles. The van der Waals surface area contributed by atoms with Crippen LogP contribution in [0.3, 0.4) is 0 Å². The number of hydrogen-bond acceptors (Lipinski definition) is 3. The zero-order chi connectivity index (χ0) is 14.1. The molecule has 2 N–H and O–H groups in total. The van der Waals surface area contributed by atoms with Gasteiger partial charge in [0.05, 0.1) is 5.56 Å². The minimum atomic E-state index is -4.44. The molecule has 106 valence electrons. The van der Waals surface area contributed by atoms with Crippen molar-refractivity contribution in [3.63, 3.8) is 0 Å². The van der Waals surface area contributed by atoms with Gasteiger partial charge in [-0.1, -0.05) is 0 Å². The van der Waals surface area contributed by atoms with Crippen molar-refractivity contribution in [3.05, 3.63) is 22.3 Å². The number of rotatable bonds is 5. The molecular formula is C12H14BrF3N2O. The largest absolute Gasteiger partial charge is 0.419 e. The SMILES string of the molecule is OCCC1(CNc2ncc(Br)cc2C(F)(F)F)CC1. The van der Waals surface area contributed by atoms with Crippen LogP contribution in [0.2, 0.25) is 0 Å². The second-order valence-corrected chi connectivity index (χ2v) is 5.79. The molecular weight excluding hydrogens is 325 g/mol. The lowest BCUT2D eigenvalue weighted by atomic mass is 10.0. The van der Waals surface area contributed by atoms with Gasteiger partial charge in [0, 0.05) is 23.8 Å². The van der Waals surface area contributed by atoms with E-state index in [2.05, 4.69) is 26.2 Å². The fourth-order valence-corrected chi connectivity index (χ4v) is 2.33. The predicted molar refractivity (Wildman–Crippen MR) is 68.8 cm³/mol. The lowest BCUT2D eigenvalue weighted by molar-refractivity contribution is -0.137. The molecule has 2 rings (SSSR count). The number of nitrogens with zero attached hydrogens (tertiary/aromatic N) is 1. The Morgan fingerprint density at radius 1 is 1.42 bits per heavy atom. The van der Waals surface area contributed by atoms with Gasteiger partial charge in [0.25, 0.3) is 0 Å². The normalized spacial score (nSPS) is 17.3. The van der Waals surface area contributed by atoms with Crippen LogP contribution >= 0.6 is 15.9 Å². The summed E-state index contributed by atoms with van der Waals surface area (Å²) in [5.41, 5.74) is -0.839. The van der Waals surface area contributed by atoms with Crippen molar-refractivity contribution in [2.75, 3.05) is 18.5 Å². The van der Waals surface area contributed by atoms with E-state index >= 15 is 0 Å². The summed E-state index contributed by atoms with van der Waals surface area (Å²) < 4.78 is 38.9. The summed E-state index contributed by atoms with van der Waals surface area (Å²) in [5, 5.41) is 11.7. The Labute approximate surface area is 117 Å². The number of nitrogens with one attached hydrogen (secondary N) is 1. The molecule has 1 aromatic rings. The van der Waals surface area contributed by atoms with Crippen molar-refractivity contribution in [1.29, 1.82) is 0 Å². The molecule has 0 aliphatic heterocycles. The van der Waals surface area contributed by atoms with Gasteiger partial charge in [0.15, 0.2) is 0 Å². The van der Waals surface area contributed by atoms with Crippen molar-refractivity contribution in [3.8, 4) is 0 Å². The number of alkyl halides is 3. The maximum absolute atomic E-state index is 12.9. The van der Waals surface area contributed by atoms with Gasteiger partial charge < -0.3 is 10.4 Å². The van der Waals surface area contributed by atoms with Crippen LogP contribution in [-0.4, -0.2) is 23.2 Å². The summed E-state index contributed by atoms with van der Waals surface area (Å²) in [5.74, 6) is -0.153. The maximum atomic E-state index is 12.9. The van der Waals surface area contributed by atoms with Crippen molar-refractivity contribution in [2.45, 2.75) is 25.4 Å². The third kappa shape index (κ3) is 3.60. The average Bonchev–Trinajstić information content (AvgIpc) is 3.07. The lowest BCUT2D eigenvalue weighted by Crippen LogP contribution is -2.20. The van der Waals surface area contributed by atoms with Crippen LogP contribution in [0.4, 0.5) is 19.0 Å². The third-order valence-electron chi connectivity index (χ3n) is 3.39. The van der Waals surface area contributed by atoms with E-state index < -0.39 is 11.7 Å². The van der Waals surface area contributed by atoms with Crippen LogP contribution < -0.4 is 5.32 Å². The Kier molecular flexibility index (Phi) is 4.06. The van der Waals surface area contributed by atoms with Gasteiger partial charge in [-0.3, -0.25) is 0 Å². The Hall–Kier alpha value is -0.820. The first-order valence-corrected chi connectivity index (χ1v) is 6.73. The predicted octanol–water partition coefficient (Wildman–Crippen LogP) is 3.44. The molecule has 1 aliphatic carbocycles. The van der Waals surface area contributed by atoms with Crippen LogP contribution in [0.25, 0.3) is 0 Å². The molecule has 0 radical (unpaired) electrons. The van der Waals surface area contributed by atoms with Gasteiger partial charge in [-0.25, -0.2) is 4.98 Å². The zero-order valence-electron chi connectivity index (χ0n) is 10.1. The summed E-state index contributed by atoms with van der Waals surface area (Å²) in [6, 6.07) is 1.01. The second kappa shape index (κ2) is 5.28. The summed E-state index contributed by atoms with van der Waals surface area (Å²) in [7, 11) is 0. The molecule has 0 bridgehead atoms. The van der Waals surface area contributed by atoms with Gasteiger partial charge in [-0.2, -0.15) is 13.2 Å². The number of aliphatic hydroxyl groups is 1. The number of pyridine rings is 1. The van der Waals surface area contributed by atoms with Crippen LogP contribution in [0.15, 0.2) is 16.7 Å². The van der Waals surface area contributed by atoms with Crippen molar-refractivity contribution < 1.29 is 18.3 Å². The van der Waals surface area contributed by atoms with Crippen LogP contribution in [0, 0.1) is 5.41 Å². The van der Waals surface area contributed by atoms with Crippen LogP contribution in [-0.2, 0) is 6.18 Å². The number of aromatic nitrogens is 1. The van der Waals surface area contributed by atoms with Crippen molar-refractivity contribution in [2.24, 2.45) is 5.41 Å². The fourth-order valence-electron chi connectivity index (χ4n) is 2.00. The fraction of sp³-hybridized carbons (Fsp3) is 0.583. The van der Waals surface area contributed by atoms with E-state index in [1.165, 1.54) is 6.20 Å². The first-order chi connectivity index (χ1) is 8.86. The highest BCUT2D eigenvalue weighted by molar-refractivity contribution is 9.10. The number of anilines is 1. The highest BCUT2D eigenvalue weighted by Crippen LogP contribution is 2.48. The van der Waals surface area contributed by atoms with Crippen molar-refractivity contribution >= 4 is 21.7 Å². The van der Waals surface area contributed by atoms with E-state index in [1.54, 1.807) is 0 Å². The molecule has 0 aromatic carbocycles. The number of aliphatic hydroxyl groups excluding tert-OH is 1. The Balaban J connectivity index is 2.12. The summed E-state index contributed by atoms with van der Waals surface area (Å²) in [6.07, 6.45) is -0.634. The minimum absolute atomic E-state index is 0.0571. The number of halogens is 4. The molecule has 1 fully saturated rings. The zero-order valence-corrected chi connectivity index (χ0v) is 11.7. The maximum Gasteiger partial charge on any atom is 0.419 e. The summed E-state index contributed by atoms with van der Waals surface area (Å²) >= 11 is 2.99. The summed E-state index contributed by atoms with van der Waals surface area (Å²) in [6.45, 7) is 0.465. The minimum Gasteiger partial charge on any atom is -0.396 e. The third-order valence-corrected chi connectivity index (χ3v) is 3.82. The first kappa shape index (κ1) is 14.6. The standard InChI is InChI=1S/C12H14BrF3N2O/c13-8-5-9(12(14,15)16)10(17-6-8)18-7-11(1-2-11)3-4-19/h5-6,19H,1-4,7H2,(H,17,18). The van der Waals surface area contributed by atoms with E-state index in [1.807, 2.05) is 0 Å². The Bertz CT molecular complexity index is 461. The van der Waals surface area contributed by atoms with Gasteiger partial charge in [0.1, 0.15) is 5.82 Å². The van der Waals surface area contributed by atoms with E-state index in [0.29, 0.717) is 17.4 Å². The average molecular weight is 339 g/mol. The molecule has 19 heavy (non-hydrogen) atoms. The quantitative estimate of drug-likeness (QED) is 0.864. The Morgan fingerprint density at radius 3 is 2.63 bits per heavy atom. The molecule has 7 heteroatoms. The molecule has 0 unspecified atom stereocenters. The molecule has 1 aliphatic rings. The van der Waals surface area contributed by atoms with Gasteiger partial charge in [-0.05, 0) is 46.7 Å². The molecule has 1 aromatic heterocycles. The highest BCUT2D eigenvalue weighted by Gasteiger charge is 2.42. The van der Waals surface area contributed by atoms with E-state index in [0.717, 1.165) is 18.9 Å².